The van der Waals surface area contributed by atoms with E-state index >= 15 is 0 Å². The molecule has 7 nitrogen and oxygen atoms in total. The average Bonchev–Trinajstić information content (AvgIpc) is 2.62. The predicted octanol–water partition coefficient (Wildman–Crippen LogP) is 1.12. The predicted molar refractivity (Wildman–Crippen MR) is 108 cm³/mol. The Kier molecular flexibility index (Phi) is 6.86. The van der Waals surface area contributed by atoms with Gasteiger partial charge in [0, 0.05) is 46.7 Å². The topological polar surface area (TPSA) is 82.1 Å². The van der Waals surface area contributed by atoms with Crippen LogP contribution >= 0.6 is 0 Å². The van der Waals surface area contributed by atoms with Gasteiger partial charge in [-0.2, -0.15) is 0 Å². The Balaban J connectivity index is 1.83. The molecule has 0 atom stereocenters. The molecule has 0 unspecified atom stereocenters. The van der Waals surface area contributed by atoms with E-state index in [4.69, 9.17) is 0 Å². The maximum atomic E-state index is 12.3. The van der Waals surface area contributed by atoms with Crippen LogP contribution in [0.3, 0.4) is 0 Å². The van der Waals surface area contributed by atoms with Crippen LogP contribution in [-0.2, 0) is 21.2 Å². The van der Waals surface area contributed by atoms with E-state index in [1.807, 2.05) is 35.2 Å². The number of sulfone groups is 1. The van der Waals surface area contributed by atoms with Crippen LogP contribution in [0.4, 0.5) is 0 Å². The Hall–Kier alpha value is -2.09. The van der Waals surface area contributed by atoms with Crippen LogP contribution in [0, 0.1) is 0 Å². The molecule has 1 aromatic carbocycles. The monoisotopic (exact) mass is 394 g/mol. The van der Waals surface area contributed by atoms with E-state index in [2.05, 4.69) is 10.3 Å². The molecule has 0 saturated carbocycles. The Morgan fingerprint density at radius 1 is 1.30 bits per heavy atom. The van der Waals surface area contributed by atoms with Gasteiger partial charge in [-0.3, -0.25) is 9.79 Å². The standard InChI is InChI=1S/C19H30N4O3S/c1-19(2)15-23(12-13-27(19,25)26)18(20-3)21-11-10-17(24)22(4)14-16-8-6-5-7-9-16/h5-9H,10-15H2,1-4H3,(H,20,21). The zero-order chi connectivity index (χ0) is 20.1. The molecule has 8 heteroatoms. The number of benzene rings is 1. The number of nitrogens with one attached hydrogen (secondary N) is 1. The molecule has 27 heavy (non-hydrogen) atoms. The molecule has 150 valence electrons. The summed E-state index contributed by atoms with van der Waals surface area (Å²) in [5.74, 6) is 0.791. The van der Waals surface area contributed by atoms with Gasteiger partial charge in [-0.05, 0) is 19.4 Å². The fourth-order valence-corrected chi connectivity index (χ4v) is 4.44. The highest BCUT2D eigenvalue weighted by Crippen LogP contribution is 2.23. The summed E-state index contributed by atoms with van der Waals surface area (Å²) in [7, 11) is 0.366. The second-order valence-corrected chi connectivity index (χ2v) is 10.2. The number of carbonyl (C=O) groups excluding carboxylic acids is 1. The fourth-order valence-electron chi connectivity index (χ4n) is 3.07. The Bertz CT molecular complexity index is 775. The van der Waals surface area contributed by atoms with Gasteiger partial charge in [0.15, 0.2) is 15.8 Å². The third-order valence-electron chi connectivity index (χ3n) is 4.87. The minimum atomic E-state index is -3.10. The van der Waals surface area contributed by atoms with Crippen molar-refractivity contribution in [3.05, 3.63) is 35.9 Å². The van der Waals surface area contributed by atoms with Crippen molar-refractivity contribution in [1.29, 1.82) is 0 Å². The first-order valence-electron chi connectivity index (χ1n) is 9.12. The molecule has 0 aromatic heterocycles. The molecule has 1 fully saturated rings. The number of amides is 1. The second kappa shape index (κ2) is 8.73. The van der Waals surface area contributed by atoms with Crippen LogP contribution in [0.5, 0.6) is 0 Å². The molecule has 0 aliphatic carbocycles. The zero-order valence-corrected chi connectivity index (χ0v) is 17.4. The molecule has 1 N–H and O–H groups in total. The van der Waals surface area contributed by atoms with Gasteiger partial charge in [0.25, 0.3) is 0 Å². The number of rotatable bonds is 5. The highest BCUT2D eigenvalue weighted by atomic mass is 32.2. The zero-order valence-electron chi connectivity index (χ0n) is 16.6. The number of carbonyl (C=O) groups is 1. The minimum absolute atomic E-state index is 0.0448. The summed E-state index contributed by atoms with van der Waals surface area (Å²) in [5.41, 5.74) is 1.09. The molecule has 0 bridgehead atoms. The number of nitrogens with zero attached hydrogens (tertiary/aromatic N) is 3. The fraction of sp³-hybridized carbons (Fsp3) is 0.579. The van der Waals surface area contributed by atoms with Gasteiger partial charge in [0.05, 0.1) is 10.5 Å². The van der Waals surface area contributed by atoms with Gasteiger partial charge >= 0.3 is 0 Å². The third kappa shape index (κ3) is 5.45. The first-order chi connectivity index (χ1) is 12.7. The molecular weight excluding hydrogens is 364 g/mol. The van der Waals surface area contributed by atoms with Crippen molar-refractivity contribution in [2.24, 2.45) is 4.99 Å². The van der Waals surface area contributed by atoms with Gasteiger partial charge in [-0.25, -0.2) is 8.42 Å². The van der Waals surface area contributed by atoms with Crippen LogP contribution in [0.2, 0.25) is 0 Å². The molecule has 1 aromatic rings. The van der Waals surface area contributed by atoms with Crippen molar-refractivity contribution in [3.8, 4) is 0 Å². The van der Waals surface area contributed by atoms with E-state index < -0.39 is 14.6 Å². The van der Waals surface area contributed by atoms with Crippen molar-refractivity contribution in [3.63, 3.8) is 0 Å². The van der Waals surface area contributed by atoms with Crippen LogP contribution in [0.25, 0.3) is 0 Å². The largest absolute Gasteiger partial charge is 0.356 e. The van der Waals surface area contributed by atoms with Crippen molar-refractivity contribution < 1.29 is 13.2 Å². The smallest absolute Gasteiger partial charge is 0.224 e. The summed E-state index contributed by atoms with van der Waals surface area (Å²) in [6.45, 7) is 5.30. The Morgan fingerprint density at radius 2 is 1.96 bits per heavy atom. The maximum absolute atomic E-state index is 12.3. The summed E-state index contributed by atoms with van der Waals surface area (Å²) in [4.78, 5) is 20.2. The van der Waals surface area contributed by atoms with Gasteiger partial charge in [-0.1, -0.05) is 30.3 Å². The van der Waals surface area contributed by atoms with E-state index in [0.29, 0.717) is 38.6 Å². The Labute approximate surface area is 162 Å². The van der Waals surface area contributed by atoms with E-state index in [1.165, 1.54) is 0 Å². The molecule has 1 aliphatic rings. The molecule has 0 radical (unpaired) electrons. The lowest BCUT2D eigenvalue weighted by atomic mass is 10.2. The van der Waals surface area contributed by atoms with Gasteiger partial charge in [0.1, 0.15) is 0 Å². The van der Waals surface area contributed by atoms with Crippen LogP contribution in [0.15, 0.2) is 35.3 Å². The van der Waals surface area contributed by atoms with Crippen LogP contribution in [-0.4, -0.2) is 74.3 Å². The number of guanidine groups is 1. The van der Waals surface area contributed by atoms with E-state index in [-0.39, 0.29) is 11.7 Å². The molecule has 2 rings (SSSR count). The number of hydrogen-bond donors (Lipinski definition) is 1. The summed E-state index contributed by atoms with van der Waals surface area (Å²) in [5, 5.41) is 3.19. The number of hydrogen-bond acceptors (Lipinski definition) is 4. The van der Waals surface area contributed by atoms with E-state index in [1.54, 1.807) is 32.8 Å². The molecule has 1 saturated heterocycles. The molecule has 0 spiro atoms. The normalized spacial score (nSPS) is 18.8. The third-order valence-corrected chi connectivity index (χ3v) is 7.40. The lowest BCUT2D eigenvalue weighted by Gasteiger charge is -2.39. The highest BCUT2D eigenvalue weighted by molar-refractivity contribution is 7.92. The van der Waals surface area contributed by atoms with Crippen molar-refractivity contribution >= 4 is 21.7 Å². The first kappa shape index (κ1) is 21.2. The summed E-state index contributed by atoms with van der Waals surface area (Å²) in [6.07, 6.45) is 0.345. The van der Waals surface area contributed by atoms with Gasteiger partial charge in [0.2, 0.25) is 5.91 Å². The maximum Gasteiger partial charge on any atom is 0.224 e. The summed E-state index contributed by atoms with van der Waals surface area (Å²) in [6, 6.07) is 9.86. The molecular formula is C19H30N4O3S. The molecule has 1 heterocycles. The average molecular weight is 395 g/mol. The Morgan fingerprint density at radius 3 is 2.56 bits per heavy atom. The molecule has 1 amide bonds. The van der Waals surface area contributed by atoms with Gasteiger partial charge in [-0.15, -0.1) is 0 Å². The number of aliphatic imine (C=N–C) groups is 1. The van der Waals surface area contributed by atoms with Crippen molar-refractivity contribution in [2.75, 3.05) is 39.5 Å². The van der Waals surface area contributed by atoms with Crippen LogP contribution < -0.4 is 5.32 Å². The highest BCUT2D eigenvalue weighted by Gasteiger charge is 2.40. The molecule has 1 aliphatic heterocycles. The van der Waals surface area contributed by atoms with Crippen molar-refractivity contribution in [2.45, 2.75) is 31.6 Å². The second-order valence-electron chi connectivity index (χ2n) is 7.46. The summed E-state index contributed by atoms with van der Waals surface area (Å²) < 4.78 is 23.5. The van der Waals surface area contributed by atoms with E-state index in [9.17, 15) is 13.2 Å². The lowest BCUT2D eigenvalue weighted by Crippen LogP contribution is -2.57. The van der Waals surface area contributed by atoms with Crippen LogP contribution in [0.1, 0.15) is 25.8 Å². The quantitative estimate of drug-likeness (QED) is 0.598. The first-order valence-corrected chi connectivity index (χ1v) is 10.8. The summed E-state index contributed by atoms with van der Waals surface area (Å²) >= 11 is 0. The lowest BCUT2D eigenvalue weighted by molar-refractivity contribution is -0.130. The van der Waals surface area contributed by atoms with Crippen molar-refractivity contribution in [1.82, 2.24) is 15.1 Å². The SMILES string of the molecule is CN=C(NCCC(=O)N(C)Cc1ccccc1)N1CCS(=O)(=O)C(C)(C)C1. The van der Waals surface area contributed by atoms with Gasteiger partial charge < -0.3 is 15.1 Å². The minimum Gasteiger partial charge on any atom is -0.356 e. The van der Waals surface area contributed by atoms with E-state index in [0.717, 1.165) is 5.56 Å².